The lowest BCUT2D eigenvalue weighted by Crippen LogP contribution is -2.51. The van der Waals surface area contributed by atoms with E-state index in [0.717, 1.165) is 95.4 Å². The second-order valence-electron chi connectivity index (χ2n) is 10.3. The number of benzene rings is 2. The summed E-state index contributed by atoms with van der Waals surface area (Å²) < 4.78 is 29.6. The standard InChI is InChI=1S/C30H46N4O4S/c1-3-5-7-19-31-30(35)34(20-8-6-4-2)27-17-21-33(22-18-27)24-26-11-15-29(16-12-26)38-28-13-9-25(10-14-28)23-32-39(36)37/h9-16,27,32H,3-8,17-24H2,1-2H3,(H,31,35)(H,36,37)/p-1. The van der Waals surface area contributed by atoms with Gasteiger partial charge in [-0.3, -0.25) is 9.11 Å². The van der Waals surface area contributed by atoms with Crippen LogP contribution in [0.5, 0.6) is 11.5 Å². The van der Waals surface area contributed by atoms with Crippen molar-refractivity contribution in [2.45, 2.75) is 84.3 Å². The number of ether oxygens (including phenoxy) is 1. The van der Waals surface area contributed by atoms with Gasteiger partial charge in [0.1, 0.15) is 11.5 Å². The van der Waals surface area contributed by atoms with Crippen LogP contribution in [0.2, 0.25) is 0 Å². The zero-order valence-electron chi connectivity index (χ0n) is 23.5. The SMILES string of the molecule is CCCCCNC(=O)N(CCCCC)C1CCN(Cc2ccc(Oc3ccc(CNS(=O)[O-])cc3)cc2)CC1. The van der Waals surface area contributed by atoms with Crippen LogP contribution in [-0.2, 0) is 24.4 Å². The molecule has 1 aliphatic heterocycles. The summed E-state index contributed by atoms with van der Waals surface area (Å²) in [6.45, 7) is 9.10. The Morgan fingerprint density at radius 3 is 2.13 bits per heavy atom. The van der Waals surface area contributed by atoms with Gasteiger partial charge in [0, 0.05) is 56.6 Å². The fourth-order valence-corrected chi connectivity index (χ4v) is 5.20. The van der Waals surface area contributed by atoms with Crippen LogP contribution in [0.1, 0.15) is 76.3 Å². The molecule has 3 rings (SSSR count). The number of nitrogens with one attached hydrogen (secondary N) is 2. The maximum Gasteiger partial charge on any atom is 0.317 e. The van der Waals surface area contributed by atoms with E-state index in [1.165, 1.54) is 5.56 Å². The molecule has 216 valence electrons. The van der Waals surface area contributed by atoms with Crippen molar-refractivity contribution in [3.63, 3.8) is 0 Å². The molecule has 0 aliphatic carbocycles. The zero-order valence-corrected chi connectivity index (χ0v) is 24.3. The van der Waals surface area contributed by atoms with Gasteiger partial charge in [-0.2, -0.15) is 0 Å². The summed E-state index contributed by atoms with van der Waals surface area (Å²) in [7, 11) is 0. The monoisotopic (exact) mass is 557 g/mol. The van der Waals surface area contributed by atoms with E-state index in [4.69, 9.17) is 4.74 Å². The van der Waals surface area contributed by atoms with Crippen LogP contribution in [0.4, 0.5) is 4.79 Å². The van der Waals surface area contributed by atoms with Crippen LogP contribution in [0, 0.1) is 0 Å². The van der Waals surface area contributed by atoms with E-state index >= 15 is 0 Å². The van der Waals surface area contributed by atoms with Crippen molar-refractivity contribution in [3.05, 3.63) is 59.7 Å². The molecule has 8 nitrogen and oxygen atoms in total. The molecular weight excluding hydrogens is 512 g/mol. The van der Waals surface area contributed by atoms with Crippen molar-refractivity contribution < 1.29 is 18.3 Å². The highest BCUT2D eigenvalue weighted by atomic mass is 32.2. The Morgan fingerprint density at radius 2 is 1.54 bits per heavy atom. The fraction of sp³-hybridized carbons (Fsp3) is 0.567. The van der Waals surface area contributed by atoms with Crippen molar-refractivity contribution in [2.24, 2.45) is 0 Å². The third-order valence-corrected chi connectivity index (χ3v) is 7.58. The van der Waals surface area contributed by atoms with Gasteiger partial charge in [0.05, 0.1) is 0 Å². The number of hydrogen-bond acceptors (Lipinski definition) is 5. The van der Waals surface area contributed by atoms with Crippen molar-refractivity contribution >= 4 is 17.3 Å². The zero-order chi connectivity index (χ0) is 27.9. The molecule has 9 heteroatoms. The predicted molar refractivity (Wildman–Crippen MR) is 156 cm³/mol. The minimum Gasteiger partial charge on any atom is -0.760 e. The van der Waals surface area contributed by atoms with Crippen molar-refractivity contribution in [1.82, 2.24) is 19.8 Å². The first-order valence-corrected chi connectivity index (χ1v) is 15.5. The van der Waals surface area contributed by atoms with E-state index in [1.807, 2.05) is 36.4 Å². The number of hydrogen-bond donors (Lipinski definition) is 2. The number of nitrogens with zero attached hydrogens (tertiary/aromatic N) is 2. The molecule has 1 heterocycles. The molecule has 1 saturated heterocycles. The molecule has 1 atom stereocenters. The lowest BCUT2D eigenvalue weighted by molar-refractivity contribution is 0.116. The highest BCUT2D eigenvalue weighted by Crippen LogP contribution is 2.24. The van der Waals surface area contributed by atoms with E-state index in [2.05, 4.69) is 45.8 Å². The molecular formula is C30H45N4O4S-. The normalized spacial score (nSPS) is 15.2. The van der Waals surface area contributed by atoms with Crippen molar-refractivity contribution in [3.8, 4) is 11.5 Å². The van der Waals surface area contributed by atoms with Gasteiger partial charge >= 0.3 is 6.03 Å². The molecule has 0 bridgehead atoms. The lowest BCUT2D eigenvalue weighted by Gasteiger charge is -2.38. The average molecular weight is 558 g/mol. The Kier molecular flexibility index (Phi) is 13.8. The minimum atomic E-state index is -2.27. The van der Waals surface area contributed by atoms with E-state index in [9.17, 15) is 13.6 Å². The average Bonchev–Trinajstić information content (AvgIpc) is 2.95. The summed E-state index contributed by atoms with van der Waals surface area (Å²) in [4.78, 5) is 17.5. The molecule has 2 N–H and O–H groups in total. The van der Waals surface area contributed by atoms with Gasteiger partial charge in [-0.25, -0.2) is 9.52 Å². The molecule has 0 aromatic heterocycles. The first kappa shape index (κ1) is 31.1. The minimum absolute atomic E-state index is 0.112. The van der Waals surface area contributed by atoms with Crippen LogP contribution in [0.15, 0.2) is 48.5 Å². The Bertz CT molecular complexity index is 995. The fourth-order valence-electron chi connectivity index (χ4n) is 4.92. The third-order valence-electron chi connectivity index (χ3n) is 7.20. The number of unbranched alkanes of at least 4 members (excludes halogenated alkanes) is 4. The third kappa shape index (κ3) is 11.3. The maximum absolute atomic E-state index is 13.0. The van der Waals surface area contributed by atoms with Gasteiger partial charge in [0.25, 0.3) is 0 Å². The van der Waals surface area contributed by atoms with Gasteiger partial charge in [-0.15, -0.1) is 0 Å². The molecule has 0 saturated carbocycles. The Morgan fingerprint density at radius 1 is 0.949 bits per heavy atom. The van der Waals surface area contributed by atoms with Crippen LogP contribution >= 0.6 is 0 Å². The summed E-state index contributed by atoms with van der Waals surface area (Å²) in [6, 6.07) is 15.9. The second kappa shape index (κ2) is 17.3. The predicted octanol–water partition coefficient (Wildman–Crippen LogP) is 5.72. The summed E-state index contributed by atoms with van der Waals surface area (Å²) in [5.74, 6) is 1.46. The van der Waals surface area contributed by atoms with E-state index in [-0.39, 0.29) is 12.6 Å². The number of urea groups is 1. The molecule has 0 radical (unpaired) electrons. The first-order chi connectivity index (χ1) is 19.0. The van der Waals surface area contributed by atoms with Gasteiger partial charge < -0.3 is 19.5 Å². The molecule has 2 amide bonds. The highest BCUT2D eigenvalue weighted by molar-refractivity contribution is 7.77. The maximum atomic E-state index is 13.0. The summed E-state index contributed by atoms with van der Waals surface area (Å²) in [5, 5.41) is 3.16. The van der Waals surface area contributed by atoms with Crippen LogP contribution in [0.25, 0.3) is 0 Å². The number of piperidine rings is 1. The Hall–Kier alpha value is -2.46. The van der Waals surface area contributed by atoms with Crippen LogP contribution in [0.3, 0.4) is 0 Å². The second-order valence-corrected chi connectivity index (χ2v) is 11.1. The van der Waals surface area contributed by atoms with Gasteiger partial charge in [-0.1, -0.05) is 63.8 Å². The number of carbonyl (C=O) groups excluding carboxylic acids is 1. The van der Waals surface area contributed by atoms with Gasteiger partial charge in [0.2, 0.25) is 0 Å². The van der Waals surface area contributed by atoms with E-state index in [0.29, 0.717) is 11.8 Å². The largest absolute Gasteiger partial charge is 0.760 e. The number of amides is 2. The molecule has 1 fully saturated rings. The van der Waals surface area contributed by atoms with Crippen molar-refractivity contribution in [1.29, 1.82) is 0 Å². The van der Waals surface area contributed by atoms with Gasteiger partial charge in [-0.05, 0) is 61.1 Å². The van der Waals surface area contributed by atoms with Crippen molar-refractivity contribution in [2.75, 3.05) is 26.2 Å². The molecule has 39 heavy (non-hydrogen) atoms. The number of likely N-dealkylation sites (tertiary alicyclic amines) is 1. The molecule has 0 spiro atoms. The van der Waals surface area contributed by atoms with E-state index < -0.39 is 11.3 Å². The van der Waals surface area contributed by atoms with Crippen LogP contribution in [-0.4, -0.2) is 56.8 Å². The summed E-state index contributed by atoms with van der Waals surface area (Å²) in [6.07, 6.45) is 8.76. The summed E-state index contributed by atoms with van der Waals surface area (Å²) >= 11 is -2.27. The quantitative estimate of drug-likeness (QED) is 0.203. The topological polar surface area (TPSA) is 97.0 Å². The molecule has 1 unspecified atom stereocenters. The lowest BCUT2D eigenvalue weighted by atomic mass is 10.0. The highest BCUT2D eigenvalue weighted by Gasteiger charge is 2.27. The Balaban J connectivity index is 1.45. The van der Waals surface area contributed by atoms with Crippen LogP contribution < -0.4 is 14.8 Å². The van der Waals surface area contributed by atoms with Gasteiger partial charge in [0.15, 0.2) is 0 Å². The number of carbonyl (C=O) groups is 1. The molecule has 2 aromatic carbocycles. The molecule has 1 aliphatic rings. The Labute approximate surface area is 236 Å². The van der Waals surface area contributed by atoms with E-state index in [1.54, 1.807) is 0 Å². The smallest absolute Gasteiger partial charge is 0.317 e. The summed E-state index contributed by atoms with van der Waals surface area (Å²) in [5.41, 5.74) is 2.10. The molecule has 2 aromatic rings. The number of rotatable bonds is 16. The first-order valence-electron chi connectivity index (χ1n) is 14.4.